The van der Waals surface area contributed by atoms with E-state index >= 15 is 0 Å². The average Bonchev–Trinajstić information content (AvgIpc) is 2.96. The van der Waals surface area contributed by atoms with E-state index in [9.17, 15) is 9.59 Å². The van der Waals surface area contributed by atoms with Gasteiger partial charge in [0, 0.05) is 22.1 Å². The number of hydrogen-bond donors (Lipinski definition) is 2. The highest BCUT2D eigenvalue weighted by molar-refractivity contribution is 9.10. The van der Waals surface area contributed by atoms with Gasteiger partial charge in [0.1, 0.15) is 0 Å². The molecule has 0 saturated heterocycles. The van der Waals surface area contributed by atoms with Gasteiger partial charge in [-0.15, -0.1) is 0 Å². The topological polar surface area (TPSA) is 71.1 Å². The van der Waals surface area contributed by atoms with Crippen LogP contribution in [0.25, 0.3) is 10.2 Å². The van der Waals surface area contributed by atoms with Gasteiger partial charge in [-0.25, -0.2) is 4.98 Å². The number of thiazole rings is 1. The van der Waals surface area contributed by atoms with Crippen molar-refractivity contribution in [3.8, 4) is 0 Å². The Hall–Kier alpha value is -2.25. The van der Waals surface area contributed by atoms with Gasteiger partial charge in [-0.2, -0.15) is 0 Å². The maximum Gasteiger partial charge on any atom is 0.255 e. The first kappa shape index (κ1) is 17.6. The molecule has 0 bridgehead atoms. The molecule has 0 aliphatic heterocycles. The molecule has 3 rings (SSSR count). The number of fused-ring (bicyclic) bond motifs is 1. The number of amides is 2. The highest BCUT2D eigenvalue weighted by Crippen LogP contribution is 2.28. The van der Waals surface area contributed by atoms with E-state index in [1.54, 1.807) is 18.2 Å². The fourth-order valence-corrected chi connectivity index (χ4v) is 3.62. The lowest BCUT2D eigenvalue weighted by atomic mass is 10.2. The zero-order chi connectivity index (χ0) is 17.8. The smallest absolute Gasteiger partial charge is 0.255 e. The Morgan fingerprint density at radius 1 is 1.16 bits per heavy atom. The summed E-state index contributed by atoms with van der Waals surface area (Å²) in [6, 6.07) is 12.7. The molecule has 0 saturated carbocycles. The zero-order valence-corrected chi connectivity index (χ0v) is 15.9. The summed E-state index contributed by atoms with van der Waals surface area (Å²) in [5.41, 5.74) is 2.05. The summed E-state index contributed by atoms with van der Waals surface area (Å²) in [6.45, 7) is 1.96. The third-order valence-corrected chi connectivity index (χ3v) is 4.88. The Bertz CT molecular complexity index is 939. The normalized spacial score (nSPS) is 10.6. The van der Waals surface area contributed by atoms with Gasteiger partial charge in [-0.1, -0.05) is 40.3 Å². The predicted octanol–water partition coefficient (Wildman–Crippen LogP) is 5.05. The van der Waals surface area contributed by atoms with Gasteiger partial charge in [-0.3, -0.25) is 9.59 Å². The molecule has 0 radical (unpaired) electrons. The molecule has 7 heteroatoms. The molecule has 1 heterocycles. The Labute approximate surface area is 157 Å². The van der Waals surface area contributed by atoms with Crippen LogP contribution >= 0.6 is 27.3 Å². The number of halogens is 1. The molecule has 1 aromatic heterocycles. The average molecular weight is 418 g/mol. The number of carbonyl (C=O) groups is 2. The molecule has 128 valence electrons. The molecule has 5 nitrogen and oxygen atoms in total. The fourth-order valence-electron chi connectivity index (χ4n) is 2.30. The Morgan fingerprint density at radius 2 is 2.00 bits per heavy atom. The monoisotopic (exact) mass is 417 g/mol. The van der Waals surface area contributed by atoms with Crippen LogP contribution < -0.4 is 10.6 Å². The van der Waals surface area contributed by atoms with Crippen molar-refractivity contribution in [2.45, 2.75) is 19.8 Å². The quantitative estimate of drug-likeness (QED) is 0.609. The van der Waals surface area contributed by atoms with E-state index in [-0.39, 0.29) is 11.8 Å². The van der Waals surface area contributed by atoms with Gasteiger partial charge < -0.3 is 10.6 Å². The Kier molecular flexibility index (Phi) is 5.45. The fraction of sp³-hybridized carbons (Fsp3) is 0.167. The lowest BCUT2D eigenvalue weighted by Crippen LogP contribution is -2.11. The van der Waals surface area contributed by atoms with Gasteiger partial charge >= 0.3 is 0 Å². The third-order valence-electron chi connectivity index (χ3n) is 3.46. The van der Waals surface area contributed by atoms with Crippen molar-refractivity contribution in [2.75, 3.05) is 10.6 Å². The second-order valence-corrected chi connectivity index (χ2v) is 7.41. The highest BCUT2D eigenvalue weighted by atomic mass is 79.9. The van der Waals surface area contributed by atoms with Crippen LogP contribution in [0, 0.1) is 0 Å². The second kappa shape index (κ2) is 7.76. The van der Waals surface area contributed by atoms with E-state index in [1.165, 1.54) is 11.3 Å². The number of nitrogens with one attached hydrogen (secondary N) is 2. The summed E-state index contributed by atoms with van der Waals surface area (Å²) in [7, 11) is 0. The van der Waals surface area contributed by atoms with Crippen LogP contribution in [-0.2, 0) is 4.79 Å². The first-order chi connectivity index (χ1) is 12.0. The number of carbonyl (C=O) groups excluding carboxylic acids is 2. The third kappa shape index (κ3) is 4.43. The van der Waals surface area contributed by atoms with Crippen LogP contribution in [0.3, 0.4) is 0 Å². The van der Waals surface area contributed by atoms with Crippen LogP contribution in [0.2, 0.25) is 0 Å². The summed E-state index contributed by atoms with van der Waals surface area (Å²) < 4.78 is 1.75. The molecule has 0 aliphatic rings. The predicted molar refractivity (Wildman–Crippen MR) is 105 cm³/mol. The number of hydrogen-bond acceptors (Lipinski definition) is 4. The first-order valence-corrected chi connectivity index (χ1v) is 9.43. The van der Waals surface area contributed by atoms with Gasteiger partial charge in [0.05, 0.1) is 10.2 Å². The van der Waals surface area contributed by atoms with Crippen molar-refractivity contribution in [1.29, 1.82) is 0 Å². The zero-order valence-electron chi connectivity index (χ0n) is 13.5. The molecule has 25 heavy (non-hydrogen) atoms. The molecule has 0 fully saturated rings. The van der Waals surface area contributed by atoms with Crippen LogP contribution in [0.5, 0.6) is 0 Å². The summed E-state index contributed by atoms with van der Waals surface area (Å²) in [6.07, 6.45) is 1.27. The van der Waals surface area contributed by atoms with Crippen LogP contribution in [0.15, 0.2) is 46.9 Å². The number of anilines is 2. The van der Waals surface area contributed by atoms with Gasteiger partial charge in [0.2, 0.25) is 5.91 Å². The molecule has 0 atom stereocenters. The minimum atomic E-state index is -0.179. The molecular formula is C18H16BrN3O2S. The van der Waals surface area contributed by atoms with Crippen LogP contribution in [0.4, 0.5) is 10.8 Å². The molecular weight excluding hydrogens is 402 g/mol. The van der Waals surface area contributed by atoms with E-state index < -0.39 is 0 Å². The molecule has 0 aliphatic carbocycles. The summed E-state index contributed by atoms with van der Waals surface area (Å²) in [4.78, 5) is 28.4. The number of benzene rings is 2. The van der Waals surface area contributed by atoms with Crippen LogP contribution in [-0.4, -0.2) is 16.8 Å². The van der Waals surface area contributed by atoms with Crippen molar-refractivity contribution in [3.05, 3.63) is 52.5 Å². The number of rotatable bonds is 5. The van der Waals surface area contributed by atoms with Crippen molar-refractivity contribution in [3.63, 3.8) is 0 Å². The number of aromatic nitrogens is 1. The molecule has 2 N–H and O–H groups in total. The minimum Gasteiger partial charge on any atom is -0.322 e. The van der Waals surface area contributed by atoms with E-state index in [0.717, 1.165) is 21.1 Å². The van der Waals surface area contributed by atoms with E-state index in [2.05, 4.69) is 31.5 Å². The lowest BCUT2D eigenvalue weighted by Gasteiger charge is -2.05. The van der Waals surface area contributed by atoms with Gasteiger partial charge in [0.25, 0.3) is 5.91 Å². The van der Waals surface area contributed by atoms with Crippen molar-refractivity contribution < 1.29 is 9.59 Å². The van der Waals surface area contributed by atoms with E-state index in [0.29, 0.717) is 22.8 Å². The van der Waals surface area contributed by atoms with Crippen molar-refractivity contribution in [2.24, 2.45) is 0 Å². The lowest BCUT2D eigenvalue weighted by molar-refractivity contribution is -0.116. The molecule has 3 aromatic rings. The first-order valence-electron chi connectivity index (χ1n) is 7.82. The largest absolute Gasteiger partial charge is 0.322 e. The minimum absolute atomic E-state index is 0.0373. The summed E-state index contributed by atoms with van der Waals surface area (Å²) in [5.74, 6) is -0.216. The molecule has 2 amide bonds. The van der Waals surface area contributed by atoms with Gasteiger partial charge in [0.15, 0.2) is 5.13 Å². The SMILES string of the molecule is CCCC(=O)Nc1nc2ccc(NC(=O)c3cccc(Br)c3)cc2s1. The number of nitrogens with zero attached hydrogens (tertiary/aromatic N) is 1. The van der Waals surface area contributed by atoms with E-state index in [4.69, 9.17) is 0 Å². The molecule has 0 unspecified atom stereocenters. The van der Waals surface area contributed by atoms with Crippen molar-refractivity contribution >= 4 is 60.1 Å². The summed E-state index contributed by atoms with van der Waals surface area (Å²) >= 11 is 4.75. The highest BCUT2D eigenvalue weighted by Gasteiger charge is 2.10. The Balaban J connectivity index is 1.76. The van der Waals surface area contributed by atoms with Crippen LogP contribution in [0.1, 0.15) is 30.1 Å². The maximum absolute atomic E-state index is 12.3. The second-order valence-electron chi connectivity index (χ2n) is 5.46. The summed E-state index contributed by atoms with van der Waals surface area (Å²) in [5, 5.41) is 6.25. The molecule has 2 aromatic carbocycles. The Morgan fingerprint density at radius 3 is 2.76 bits per heavy atom. The molecule has 0 spiro atoms. The van der Waals surface area contributed by atoms with Gasteiger partial charge in [-0.05, 0) is 42.8 Å². The standard InChI is InChI=1S/C18H16BrN3O2S/c1-2-4-16(23)22-18-21-14-8-7-13(10-15(14)25-18)20-17(24)11-5-3-6-12(19)9-11/h3,5-10H,2,4H2,1H3,(H,20,24)(H,21,22,23). The van der Waals surface area contributed by atoms with E-state index in [1.807, 2.05) is 31.2 Å². The maximum atomic E-state index is 12.3. The van der Waals surface area contributed by atoms with Crippen molar-refractivity contribution in [1.82, 2.24) is 4.98 Å².